The molecule has 7 nitrogen and oxygen atoms in total. The van der Waals surface area contributed by atoms with Crippen LogP contribution in [0.15, 0.2) is 41.0 Å². The maximum Gasteiger partial charge on any atom is 0.286 e. The molecule has 0 bridgehead atoms. The zero-order valence-electron chi connectivity index (χ0n) is 15.2. The number of nitrogens with one attached hydrogen (secondary N) is 3. The van der Waals surface area contributed by atoms with Gasteiger partial charge >= 0.3 is 0 Å². The predicted octanol–water partition coefficient (Wildman–Crippen LogP) is 3.22. The first-order chi connectivity index (χ1) is 12.9. The summed E-state index contributed by atoms with van der Waals surface area (Å²) in [6.07, 6.45) is 2.06. The Bertz CT molecular complexity index is 803. The summed E-state index contributed by atoms with van der Waals surface area (Å²) in [5.74, 6) is -0.599. The molecule has 0 spiro atoms. The first kappa shape index (κ1) is 20.5. The summed E-state index contributed by atoms with van der Waals surface area (Å²) in [4.78, 5) is 35.9. The molecule has 1 heterocycles. The lowest BCUT2D eigenvalue weighted by Gasteiger charge is -2.11. The lowest BCUT2D eigenvalue weighted by Crippen LogP contribution is -2.30. The van der Waals surface area contributed by atoms with Crippen molar-refractivity contribution in [1.29, 1.82) is 0 Å². The molecule has 0 atom stereocenters. The van der Waals surface area contributed by atoms with Crippen LogP contribution in [0.25, 0.3) is 0 Å². The lowest BCUT2D eigenvalue weighted by molar-refractivity contribution is -0.116. The van der Waals surface area contributed by atoms with Gasteiger partial charge in [0.05, 0.1) is 17.0 Å². The molecule has 2 aromatic rings. The fourth-order valence-corrected chi connectivity index (χ4v) is 2.43. The topological polar surface area (TPSA) is 100 Å². The van der Waals surface area contributed by atoms with E-state index in [0.717, 1.165) is 0 Å². The molecular formula is C19H22ClN3O4. The van der Waals surface area contributed by atoms with Crippen LogP contribution in [0.5, 0.6) is 0 Å². The standard InChI is InChI=1S/C19H22ClN3O4/c1-12(2)22-18(25)13-7-8-14(20)15(11-13)23-17(24)6-3-9-21-19(26)16-5-4-10-27-16/h4-5,7-8,10-12H,3,6,9H2,1-2H3,(H,21,26)(H,22,25)(H,23,24). The second-order valence-corrected chi connectivity index (χ2v) is 6.61. The van der Waals surface area contributed by atoms with Crippen molar-refractivity contribution in [2.45, 2.75) is 32.7 Å². The second kappa shape index (κ2) is 9.78. The van der Waals surface area contributed by atoms with Crippen molar-refractivity contribution in [1.82, 2.24) is 10.6 Å². The number of anilines is 1. The average Bonchev–Trinajstić information content (AvgIpc) is 3.14. The number of benzene rings is 1. The first-order valence-electron chi connectivity index (χ1n) is 8.59. The van der Waals surface area contributed by atoms with Gasteiger partial charge in [-0.1, -0.05) is 11.6 Å². The second-order valence-electron chi connectivity index (χ2n) is 6.21. The molecule has 0 saturated carbocycles. The summed E-state index contributed by atoms with van der Waals surface area (Å²) in [5.41, 5.74) is 0.784. The van der Waals surface area contributed by atoms with Crippen molar-refractivity contribution in [2.24, 2.45) is 0 Å². The SMILES string of the molecule is CC(C)NC(=O)c1ccc(Cl)c(NC(=O)CCCNC(=O)c2ccco2)c1. The average molecular weight is 392 g/mol. The van der Waals surface area contributed by atoms with Gasteiger partial charge in [0.2, 0.25) is 5.91 Å². The Kier molecular flexibility index (Phi) is 7.43. The summed E-state index contributed by atoms with van der Waals surface area (Å²) in [6, 6.07) is 7.89. The van der Waals surface area contributed by atoms with E-state index < -0.39 is 0 Å². The largest absolute Gasteiger partial charge is 0.459 e. The molecule has 0 aliphatic rings. The molecule has 27 heavy (non-hydrogen) atoms. The van der Waals surface area contributed by atoms with Crippen LogP contribution >= 0.6 is 11.6 Å². The Morgan fingerprint density at radius 2 is 1.93 bits per heavy atom. The van der Waals surface area contributed by atoms with E-state index in [0.29, 0.717) is 29.2 Å². The Balaban J connectivity index is 1.82. The quantitative estimate of drug-likeness (QED) is 0.601. The summed E-state index contributed by atoms with van der Waals surface area (Å²) < 4.78 is 4.98. The third kappa shape index (κ3) is 6.45. The highest BCUT2D eigenvalue weighted by Gasteiger charge is 2.12. The van der Waals surface area contributed by atoms with Crippen LogP contribution in [-0.2, 0) is 4.79 Å². The van der Waals surface area contributed by atoms with Gasteiger partial charge < -0.3 is 20.4 Å². The van der Waals surface area contributed by atoms with E-state index in [-0.39, 0.29) is 35.9 Å². The fourth-order valence-electron chi connectivity index (χ4n) is 2.27. The van der Waals surface area contributed by atoms with Gasteiger partial charge in [-0.15, -0.1) is 0 Å². The van der Waals surface area contributed by atoms with Crippen LogP contribution in [0.1, 0.15) is 47.6 Å². The number of halogens is 1. The van der Waals surface area contributed by atoms with Crippen LogP contribution in [0.3, 0.4) is 0 Å². The van der Waals surface area contributed by atoms with Crippen molar-refractivity contribution in [3.8, 4) is 0 Å². The van der Waals surface area contributed by atoms with E-state index >= 15 is 0 Å². The van der Waals surface area contributed by atoms with E-state index in [1.165, 1.54) is 12.3 Å². The highest BCUT2D eigenvalue weighted by Crippen LogP contribution is 2.23. The van der Waals surface area contributed by atoms with Crippen molar-refractivity contribution in [3.05, 3.63) is 52.9 Å². The summed E-state index contributed by atoms with van der Waals surface area (Å²) in [6.45, 7) is 4.06. The van der Waals surface area contributed by atoms with Crippen molar-refractivity contribution < 1.29 is 18.8 Å². The number of carbonyl (C=O) groups excluding carboxylic acids is 3. The Morgan fingerprint density at radius 3 is 2.59 bits per heavy atom. The van der Waals surface area contributed by atoms with Gasteiger partial charge in [-0.05, 0) is 50.6 Å². The summed E-state index contributed by atoms with van der Waals surface area (Å²) >= 11 is 6.10. The lowest BCUT2D eigenvalue weighted by atomic mass is 10.1. The van der Waals surface area contributed by atoms with Gasteiger partial charge in [0.15, 0.2) is 5.76 Å². The molecule has 1 aromatic carbocycles. The molecule has 3 N–H and O–H groups in total. The molecule has 8 heteroatoms. The molecule has 0 saturated heterocycles. The zero-order chi connectivity index (χ0) is 19.8. The molecule has 2 rings (SSSR count). The number of amides is 3. The number of hydrogen-bond donors (Lipinski definition) is 3. The molecule has 0 unspecified atom stereocenters. The predicted molar refractivity (Wildman–Crippen MR) is 103 cm³/mol. The van der Waals surface area contributed by atoms with Gasteiger partial charge in [0.25, 0.3) is 11.8 Å². The van der Waals surface area contributed by atoms with Crippen molar-refractivity contribution in [2.75, 3.05) is 11.9 Å². The van der Waals surface area contributed by atoms with E-state index in [1.54, 1.807) is 24.3 Å². The van der Waals surface area contributed by atoms with Gasteiger partial charge in [-0.3, -0.25) is 14.4 Å². The molecule has 0 aliphatic heterocycles. The number of hydrogen-bond acceptors (Lipinski definition) is 4. The van der Waals surface area contributed by atoms with E-state index in [2.05, 4.69) is 16.0 Å². The van der Waals surface area contributed by atoms with E-state index in [4.69, 9.17) is 16.0 Å². The molecule has 0 aliphatic carbocycles. The van der Waals surface area contributed by atoms with E-state index in [9.17, 15) is 14.4 Å². The Labute approximate surface area is 162 Å². The van der Waals surface area contributed by atoms with Crippen LogP contribution < -0.4 is 16.0 Å². The minimum absolute atomic E-state index is 0.00241. The fraction of sp³-hybridized carbons (Fsp3) is 0.316. The maximum absolute atomic E-state index is 12.1. The smallest absolute Gasteiger partial charge is 0.286 e. The minimum Gasteiger partial charge on any atom is -0.459 e. The minimum atomic E-state index is -0.327. The number of carbonyl (C=O) groups is 3. The van der Waals surface area contributed by atoms with E-state index in [1.807, 2.05) is 13.8 Å². The van der Waals surface area contributed by atoms with Gasteiger partial charge in [0.1, 0.15) is 0 Å². The molecule has 3 amide bonds. The normalized spacial score (nSPS) is 10.5. The highest BCUT2D eigenvalue weighted by molar-refractivity contribution is 6.33. The molecule has 144 valence electrons. The monoisotopic (exact) mass is 391 g/mol. The van der Waals surface area contributed by atoms with Gasteiger partial charge in [-0.2, -0.15) is 0 Å². The van der Waals surface area contributed by atoms with Crippen LogP contribution in [-0.4, -0.2) is 30.3 Å². The highest BCUT2D eigenvalue weighted by atomic mass is 35.5. The zero-order valence-corrected chi connectivity index (χ0v) is 15.9. The molecule has 1 aromatic heterocycles. The number of rotatable bonds is 8. The Hall–Kier alpha value is -2.80. The van der Waals surface area contributed by atoms with Crippen molar-refractivity contribution >= 4 is 35.0 Å². The molecule has 0 fully saturated rings. The Morgan fingerprint density at radius 1 is 1.15 bits per heavy atom. The summed E-state index contributed by atoms with van der Waals surface area (Å²) in [5, 5.41) is 8.48. The van der Waals surface area contributed by atoms with Gasteiger partial charge in [-0.25, -0.2) is 0 Å². The molecular weight excluding hydrogens is 370 g/mol. The van der Waals surface area contributed by atoms with Gasteiger partial charge in [0, 0.05) is 24.6 Å². The van der Waals surface area contributed by atoms with Crippen LogP contribution in [0.2, 0.25) is 5.02 Å². The van der Waals surface area contributed by atoms with Crippen LogP contribution in [0, 0.1) is 0 Å². The van der Waals surface area contributed by atoms with Crippen molar-refractivity contribution in [3.63, 3.8) is 0 Å². The number of furan rings is 1. The molecule has 0 radical (unpaired) electrons. The maximum atomic E-state index is 12.1. The third-order valence-electron chi connectivity index (χ3n) is 3.53. The van der Waals surface area contributed by atoms with Crippen LogP contribution in [0.4, 0.5) is 5.69 Å². The first-order valence-corrected chi connectivity index (χ1v) is 8.96. The summed E-state index contributed by atoms with van der Waals surface area (Å²) in [7, 11) is 0. The third-order valence-corrected chi connectivity index (χ3v) is 3.86.